The number of benzene rings is 1. The molecule has 30 heavy (non-hydrogen) atoms. The van der Waals surface area contributed by atoms with Gasteiger partial charge in [0.25, 0.3) is 5.91 Å². The lowest BCUT2D eigenvalue weighted by Gasteiger charge is -2.32. The summed E-state index contributed by atoms with van der Waals surface area (Å²) >= 11 is 1.53. The van der Waals surface area contributed by atoms with Crippen molar-refractivity contribution in [3.8, 4) is 5.75 Å². The van der Waals surface area contributed by atoms with Gasteiger partial charge in [-0.2, -0.15) is 0 Å². The predicted octanol–water partition coefficient (Wildman–Crippen LogP) is 5.34. The largest absolute Gasteiger partial charge is 0.508 e. The minimum Gasteiger partial charge on any atom is -0.508 e. The van der Waals surface area contributed by atoms with E-state index in [4.69, 9.17) is 5.11 Å². The molecule has 6 heteroatoms. The molecule has 2 saturated carbocycles. The van der Waals surface area contributed by atoms with Crippen molar-refractivity contribution in [3.63, 3.8) is 0 Å². The lowest BCUT2D eigenvalue weighted by Crippen LogP contribution is -2.44. The number of phenolic OH excluding ortho intramolecular Hbond substituents is 1. The van der Waals surface area contributed by atoms with Gasteiger partial charge in [-0.15, -0.1) is 11.3 Å². The monoisotopic (exact) mass is 427 g/mol. The summed E-state index contributed by atoms with van der Waals surface area (Å²) in [6, 6.07) is 5.36. The molecular weight excluding hydrogens is 398 g/mol. The van der Waals surface area contributed by atoms with Crippen LogP contribution < -0.4 is 5.32 Å². The summed E-state index contributed by atoms with van der Waals surface area (Å²) < 4.78 is 1.00. The fourth-order valence-electron chi connectivity index (χ4n) is 5.41. The first kappa shape index (κ1) is 20.9. The van der Waals surface area contributed by atoms with Crippen molar-refractivity contribution in [2.75, 3.05) is 0 Å². The Morgan fingerprint density at radius 3 is 2.87 bits per heavy atom. The fraction of sp³-hybridized carbons (Fsp3) is 0.500. The molecule has 2 bridgehead atoms. The molecule has 1 aromatic carbocycles. The number of carbonyl (C=O) groups excluding carboxylic acids is 1. The number of carboxylic acids is 1. The van der Waals surface area contributed by atoms with Crippen LogP contribution in [-0.2, 0) is 4.79 Å². The Kier molecular flexibility index (Phi) is 6.14. The molecule has 5 nitrogen and oxygen atoms in total. The highest BCUT2D eigenvalue weighted by molar-refractivity contribution is 7.17. The predicted molar refractivity (Wildman–Crippen MR) is 119 cm³/mol. The Morgan fingerprint density at radius 2 is 2.07 bits per heavy atom. The Bertz CT molecular complexity index is 979. The fourth-order valence-corrected chi connectivity index (χ4v) is 6.33. The summed E-state index contributed by atoms with van der Waals surface area (Å²) in [5, 5.41) is 24.6. The number of aliphatic carboxylic acids is 1. The smallest absolute Gasteiger partial charge is 0.303 e. The maximum atomic E-state index is 13.1. The first-order valence-corrected chi connectivity index (χ1v) is 11.7. The highest BCUT2D eigenvalue weighted by atomic mass is 32.1. The van der Waals surface area contributed by atoms with Crippen LogP contribution in [0.2, 0.25) is 0 Å². The van der Waals surface area contributed by atoms with Gasteiger partial charge in [0.1, 0.15) is 5.75 Å². The SMILES string of the molecule is C/C(=C/CCCC(=O)O)C[C@@H]1C(NC(=O)c2csc3ccc(O)cc23)[C@H]2CC[C@@H]1C2. The number of unbranched alkanes of at least 4 members (excludes halogenated alkanes) is 1. The van der Waals surface area contributed by atoms with Gasteiger partial charge in [-0.3, -0.25) is 9.59 Å². The van der Waals surface area contributed by atoms with E-state index < -0.39 is 5.97 Å². The molecule has 0 saturated heterocycles. The van der Waals surface area contributed by atoms with Gasteiger partial charge in [0.15, 0.2) is 0 Å². The zero-order chi connectivity index (χ0) is 21.3. The minimum atomic E-state index is -0.744. The van der Waals surface area contributed by atoms with E-state index in [0.29, 0.717) is 29.7 Å². The molecule has 160 valence electrons. The van der Waals surface area contributed by atoms with Gasteiger partial charge in [-0.05, 0) is 81.4 Å². The molecule has 4 rings (SSSR count). The number of aromatic hydroxyl groups is 1. The van der Waals surface area contributed by atoms with Crippen LogP contribution in [0.4, 0.5) is 0 Å². The van der Waals surface area contributed by atoms with E-state index in [2.05, 4.69) is 18.3 Å². The van der Waals surface area contributed by atoms with Crippen molar-refractivity contribution in [1.29, 1.82) is 0 Å². The second kappa shape index (κ2) is 8.80. The first-order chi connectivity index (χ1) is 14.4. The third-order valence-electron chi connectivity index (χ3n) is 6.83. The van der Waals surface area contributed by atoms with Crippen molar-refractivity contribution in [1.82, 2.24) is 5.32 Å². The van der Waals surface area contributed by atoms with Crippen molar-refractivity contribution in [3.05, 3.63) is 40.8 Å². The maximum Gasteiger partial charge on any atom is 0.303 e. The normalized spacial score (nSPS) is 25.7. The number of carboxylic acid groups (broad SMARTS) is 1. The van der Waals surface area contributed by atoms with Crippen LogP contribution in [0.1, 0.15) is 62.2 Å². The molecule has 0 aliphatic heterocycles. The lowest BCUT2D eigenvalue weighted by atomic mass is 9.80. The molecule has 2 aliphatic rings. The number of hydrogen-bond acceptors (Lipinski definition) is 4. The number of carbonyl (C=O) groups is 2. The summed E-state index contributed by atoms with van der Waals surface area (Å²) in [5.74, 6) is 1.04. The standard InChI is InChI=1S/C24H29NO4S/c1-14(4-2-3-5-22(27)28)10-18-15-6-7-16(11-15)23(18)25-24(29)20-13-30-21-9-8-17(26)12-19(20)21/h4,8-9,12-13,15-16,18,23,26H,2-3,5-7,10-11H2,1H3,(H,25,29)(H,27,28)/b14-4-/t15-,16+,18+,23?/m1/s1. The van der Waals surface area contributed by atoms with Crippen LogP contribution in [0.3, 0.4) is 0 Å². The number of rotatable bonds is 8. The highest BCUT2D eigenvalue weighted by Gasteiger charge is 2.47. The van der Waals surface area contributed by atoms with E-state index >= 15 is 0 Å². The number of amides is 1. The first-order valence-electron chi connectivity index (χ1n) is 10.8. The Morgan fingerprint density at radius 1 is 1.27 bits per heavy atom. The topological polar surface area (TPSA) is 86.6 Å². The number of phenols is 1. The Balaban J connectivity index is 1.44. The number of allylic oxidation sites excluding steroid dienone is 2. The van der Waals surface area contributed by atoms with Crippen molar-refractivity contribution in [2.45, 2.75) is 57.9 Å². The molecule has 2 aliphatic carbocycles. The number of nitrogens with one attached hydrogen (secondary N) is 1. The van der Waals surface area contributed by atoms with Crippen LogP contribution in [-0.4, -0.2) is 28.1 Å². The van der Waals surface area contributed by atoms with Gasteiger partial charge >= 0.3 is 5.97 Å². The third kappa shape index (κ3) is 4.38. The number of fused-ring (bicyclic) bond motifs is 3. The molecule has 2 aromatic rings. The molecular formula is C24H29NO4S. The van der Waals surface area contributed by atoms with Crippen molar-refractivity contribution >= 4 is 33.3 Å². The van der Waals surface area contributed by atoms with Gasteiger partial charge in [-0.1, -0.05) is 11.6 Å². The Labute approximate surface area is 180 Å². The molecule has 0 spiro atoms. The van der Waals surface area contributed by atoms with E-state index in [1.54, 1.807) is 12.1 Å². The molecule has 0 radical (unpaired) electrons. The number of thiophene rings is 1. The Hall–Kier alpha value is -2.34. The van der Waals surface area contributed by atoms with Gasteiger partial charge in [-0.25, -0.2) is 0 Å². The summed E-state index contributed by atoms with van der Waals surface area (Å²) in [6.07, 6.45) is 8.41. The molecule has 1 amide bonds. The quantitative estimate of drug-likeness (QED) is 0.392. The average Bonchev–Trinajstić information content (AvgIpc) is 3.40. The molecule has 1 aromatic heterocycles. The molecule has 1 heterocycles. The molecule has 2 fully saturated rings. The molecule has 4 atom stereocenters. The van der Waals surface area contributed by atoms with Gasteiger partial charge in [0.05, 0.1) is 5.56 Å². The van der Waals surface area contributed by atoms with Crippen LogP contribution in [0.15, 0.2) is 35.2 Å². The molecule has 1 unspecified atom stereocenters. The van der Waals surface area contributed by atoms with Gasteiger partial charge in [0.2, 0.25) is 0 Å². The second-order valence-electron chi connectivity index (χ2n) is 8.87. The second-order valence-corrected chi connectivity index (χ2v) is 9.78. The summed E-state index contributed by atoms with van der Waals surface area (Å²) in [4.78, 5) is 23.8. The maximum absolute atomic E-state index is 13.1. The van der Waals surface area contributed by atoms with Crippen LogP contribution in [0.5, 0.6) is 5.75 Å². The highest BCUT2D eigenvalue weighted by Crippen LogP contribution is 2.50. The minimum absolute atomic E-state index is 0.0440. The van der Waals surface area contributed by atoms with Crippen molar-refractivity contribution in [2.24, 2.45) is 17.8 Å². The summed E-state index contributed by atoms with van der Waals surface area (Å²) in [7, 11) is 0. The van der Waals surface area contributed by atoms with E-state index in [9.17, 15) is 14.7 Å². The van der Waals surface area contributed by atoms with Crippen LogP contribution in [0, 0.1) is 17.8 Å². The summed E-state index contributed by atoms with van der Waals surface area (Å²) in [6.45, 7) is 2.13. The van der Waals surface area contributed by atoms with E-state index in [-0.39, 0.29) is 24.1 Å². The van der Waals surface area contributed by atoms with Gasteiger partial charge in [0, 0.05) is 27.9 Å². The van der Waals surface area contributed by atoms with Crippen LogP contribution >= 0.6 is 11.3 Å². The molecule has 3 N–H and O–H groups in total. The third-order valence-corrected chi connectivity index (χ3v) is 7.80. The zero-order valence-corrected chi connectivity index (χ0v) is 18.1. The van der Waals surface area contributed by atoms with Crippen LogP contribution in [0.25, 0.3) is 10.1 Å². The van der Waals surface area contributed by atoms with E-state index in [0.717, 1.165) is 22.9 Å². The number of hydrogen-bond donors (Lipinski definition) is 3. The lowest BCUT2D eigenvalue weighted by molar-refractivity contribution is -0.137. The average molecular weight is 428 g/mol. The van der Waals surface area contributed by atoms with E-state index in [1.807, 2.05) is 11.4 Å². The zero-order valence-electron chi connectivity index (χ0n) is 17.3. The summed E-state index contributed by atoms with van der Waals surface area (Å²) in [5.41, 5.74) is 1.94. The van der Waals surface area contributed by atoms with E-state index in [1.165, 1.54) is 36.2 Å². The van der Waals surface area contributed by atoms with Crippen molar-refractivity contribution < 1.29 is 19.8 Å². The van der Waals surface area contributed by atoms with Gasteiger partial charge < -0.3 is 15.5 Å².